The summed E-state index contributed by atoms with van der Waals surface area (Å²) < 4.78 is 5.68. The molecule has 0 spiro atoms. The molecule has 1 saturated heterocycles. The Balaban J connectivity index is 1.44. The van der Waals surface area contributed by atoms with Crippen molar-refractivity contribution >= 4 is 0 Å². The van der Waals surface area contributed by atoms with E-state index < -0.39 is 0 Å². The van der Waals surface area contributed by atoms with Crippen LogP contribution in [0.5, 0.6) is 0 Å². The van der Waals surface area contributed by atoms with Gasteiger partial charge in [0.05, 0.1) is 5.69 Å². The molecule has 1 fully saturated rings. The summed E-state index contributed by atoms with van der Waals surface area (Å²) in [6.45, 7) is 2.01. The molecule has 0 unspecified atom stereocenters. The number of hydrogen-bond donors (Lipinski definition) is 0. The zero-order valence-corrected chi connectivity index (χ0v) is 13.8. The molecule has 3 heteroatoms. The molecule has 3 aromatic rings. The molecule has 0 bridgehead atoms. The molecule has 3 nitrogen and oxygen atoms in total. The third-order valence-electron chi connectivity index (χ3n) is 4.75. The summed E-state index contributed by atoms with van der Waals surface area (Å²) in [5.41, 5.74) is 3.47. The van der Waals surface area contributed by atoms with Gasteiger partial charge in [-0.3, -0.25) is 4.90 Å². The van der Waals surface area contributed by atoms with Crippen LogP contribution in [0.3, 0.4) is 0 Å². The minimum Gasteiger partial charge on any atom is -0.444 e. The first-order chi connectivity index (χ1) is 11.9. The first kappa shape index (κ1) is 15.2. The lowest BCUT2D eigenvalue weighted by molar-refractivity contribution is 0.241. The van der Waals surface area contributed by atoms with Crippen molar-refractivity contribution < 1.29 is 4.42 Å². The highest BCUT2D eigenvalue weighted by atomic mass is 16.3. The monoisotopic (exact) mass is 318 g/mol. The third kappa shape index (κ3) is 3.41. The van der Waals surface area contributed by atoms with Crippen LogP contribution < -0.4 is 0 Å². The predicted molar refractivity (Wildman–Crippen MR) is 95.5 cm³/mol. The molecule has 24 heavy (non-hydrogen) atoms. The lowest BCUT2D eigenvalue weighted by Gasteiger charge is -2.23. The van der Waals surface area contributed by atoms with Crippen molar-refractivity contribution in [3.63, 3.8) is 0 Å². The van der Waals surface area contributed by atoms with Gasteiger partial charge in [0.15, 0.2) is 0 Å². The maximum absolute atomic E-state index is 5.68. The Morgan fingerprint density at radius 3 is 2.54 bits per heavy atom. The van der Waals surface area contributed by atoms with Gasteiger partial charge in [0, 0.05) is 18.2 Å². The van der Waals surface area contributed by atoms with Gasteiger partial charge in [0.25, 0.3) is 0 Å². The molecular formula is C21H22N2O. The zero-order valence-electron chi connectivity index (χ0n) is 13.8. The first-order valence-electron chi connectivity index (χ1n) is 8.66. The van der Waals surface area contributed by atoms with E-state index in [0.717, 1.165) is 30.8 Å². The highest BCUT2D eigenvalue weighted by Gasteiger charge is 2.25. The average Bonchev–Trinajstić information content (AvgIpc) is 3.27. The second-order valence-electron chi connectivity index (χ2n) is 6.47. The Morgan fingerprint density at radius 1 is 1.00 bits per heavy atom. The maximum Gasteiger partial charge on any atom is 0.226 e. The number of likely N-dealkylation sites (tertiary alicyclic amines) is 1. The summed E-state index contributed by atoms with van der Waals surface area (Å²) in [4.78, 5) is 7.22. The second-order valence-corrected chi connectivity index (χ2v) is 6.47. The number of nitrogens with zero attached hydrogens (tertiary/aromatic N) is 2. The summed E-state index contributed by atoms with van der Waals surface area (Å²) in [5, 5.41) is 0. The standard InChI is InChI=1S/C21H22N2O/c1-3-8-17(9-4-1)14-20-12-7-13-23(20)15-19-16-24-21(22-19)18-10-5-2-6-11-18/h1-6,8-11,16,20H,7,12-15H2/t20-/m0/s1. The Labute approximate surface area is 143 Å². The van der Waals surface area contributed by atoms with Crippen molar-refractivity contribution in [2.75, 3.05) is 6.54 Å². The van der Waals surface area contributed by atoms with Crippen molar-refractivity contribution in [3.05, 3.63) is 78.2 Å². The van der Waals surface area contributed by atoms with E-state index in [2.05, 4.69) is 40.2 Å². The number of oxazole rings is 1. The van der Waals surface area contributed by atoms with Gasteiger partial charge in [-0.1, -0.05) is 48.5 Å². The molecule has 1 aliphatic heterocycles. The van der Waals surface area contributed by atoms with Crippen molar-refractivity contribution in [2.24, 2.45) is 0 Å². The van der Waals surface area contributed by atoms with E-state index in [1.165, 1.54) is 18.4 Å². The van der Waals surface area contributed by atoms with E-state index >= 15 is 0 Å². The normalized spacial score (nSPS) is 18.1. The van der Waals surface area contributed by atoms with Gasteiger partial charge in [-0.25, -0.2) is 4.98 Å². The van der Waals surface area contributed by atoms with Crippen LogP contribution in [-0.2, 0) is 13.0 Å². The van der Waals surface area contributed by atoms with Crippen LogP contribution in [0.25, 0.3) is 11.5 Å². The Hall–Kier alpha value is -2.39. The van der Waals surface area contributed by atoms with Crippen molar-refractivity contribution in [1.29, 1.82) is 0 Å². The van der Waals surface area contributed by atoms with Gasteiger partial charge in [0.2, 0.25) is 5.89 Å². The number of benzene rings is 2. The van der Waals surface area contributed by atoms with Crippen LogP contribution in [0.2, 0.25) is 0 Å². The molecule has 1 aliphatic rings. The van der Waals surface area contributed by atoms with Gasteiger partial charge < -0.3 is 4.42 Å². The molecule has 0 amide bonds. The number of aromatic nitrogens is 1. The maximum atomic E-state index is 5.68. The van der Waals surface area contributed by atoms with Crippen LogP contribution in [0.15, 0.2) is 71.3 Å². The quantitative estimate of drug-likeness (QED) is 0.691. The fraction of sp³-hybridized carbons (Fsp3) is 0.286. The molecule has 0 radical (unpaired) electrons. The lowest BCUT2D eigenvalue weighted by atomic mass is 10.0. The molecule has 4 rings (SSSR count). The Morgan fingerprint density at radius 2 is 1.75 bits per heavy atom. The van der Waals surface area contributed by atoms with E-state index in [1.54, 1.807) is 6.26 Å². The largest absolute Gasteiger partial charge is 0.444 e. The first-order valence-corrected chi connectivity index (χ1v) is 8.66. The smallest absolute Gasteiger partial charge is 0.226 e. The van der Waals surface area contributed by atoms with Crippen LogP contribution in [0.1, 0.15) is 24.1 Å². The molecule has 1 atom stereocenters. The molecule has 2 heterocycles. The minimum atomic E-state index is 0.601. The van der Waals surface area contributed by atoms with Crippen molar-refractivity contribution in [3.8, 4) is 11.5 Å². The fourth-order valence-electron chi connectivity index (χ4n) is 3.52. The number of rotatable bonds is 5. The van der Waals surface area contributed by atoms with Crippen molar-refractivity contribution in [1.82, 2.24) is 9.88 Å². The Bertz CT molecular complexity index is 767. The third-order valence-corrected chi connectivity index (χ3v) is 4.75. The minimum absolute atomic E-state index is 0.601. The fourth-order valence-corrected chi connectivity index (χ4v) is 3.52. The SMILES string of the molecule is c1ccc(C[C@@H]2CCCN2Cc2coc(-c3ccccc3)n2)cc1. The highest BCUT2D eigenvalue weighted by molar-refractivity contribution is 5.52. The topological polar surface area (TPSA) is 29.3 Å². The predicted octanol–water partition coefficient (Wildman–Crippen LogP) is 4.55. The van der Waals surface area contributed by atoms with Gasteiger partial charge in [-0.15, -0.1) is 0 Å². The molecule has 122 valence electrons. The Kier molecular flexibility index (Phi) is 4.43. The van der Waals surface area contributed by atoms with Crippen LogP contribution in [0.4, 0.5) is 0 Å². The van der Waals surface area contributed by atoms with Gasteiger partial charge in [0.1, 0.15) is 6.26 Å². The van der Waals surface area contributed by atoms with E-state index in [-0.39, 0.29) is 0 Å². The van der Waals surface area contributed by atoms with Crippen LogP contribution in [0, 0.1) is 0 Å². The van der Waals surface area contributed by atoms with E-state index in [1.807, 2.05) is 30.3 Å². The summed E-state index contributed by atoms with van der Waals surface area (Å²) in [7, 11) is 0. The van der Waals surface area contributed by atoms with Gasteiger partial charge >= 0.3 is 0 Å². The average molecular weight is 318 g/mol. The van der Waals surface area contributed by atoms with Crippen LogP contribution in [-0.4, -0.2) is 22.5 Å². The molecule has 0 N–H and O–H groups in total. The van der Waals surface area contributed by atoms with Crippen LogP contribution >= 0.6 is 0 Å². The molecule has 1 aromatic heterocycles. The van der Waals surface area contributed by atoms with Gasteiger partial charge in [-0.2, -0.15) is 0 Å². The van der Waals surface area contributed by atoms with E-state index in [9.17, 15) is 0 Å². The second kappa shape index (κ2) is 7.02. The van der Waals surface area contributed by atoms with E-state index in [4.69, 9.17) is 4.42 Å². The molecular weight excluding hydrogens is 296 g/mol. The lowest BCUT2D eigenvalue weighted by Crippen LogP contribution is -2.30. The molecule has 0 aliphatic carbocycles. The van der Waals surface area contributed by atoms with E-state index in [0.29, 0.717) is 11.9 Å². The highest BCUT2D eigenvalue weighted by Crippen LogP contribution is 2.24. The van der Waals surface area contributed by atoms with Gasteiger partial charge in [-0.05, 0) is 43.5 Å². The summed E-state index contributed by atoms with van der Waals surface area (Å²) >= 11 is 0. The summed E-state index contributed by atoms with van der Waals surface area (Å²) in [6.07, 6.45) is 5.45. The number of hydrogen-bond acceptors (Lipinski definition) is 3. The summed E-state index contributed by atoms with van der Waals surface area (Å²) in [6, 6.07) is 21.5. The van der Waals surface area contributed by atoms with Crippen molar-refractivity contribution in [2.45, 2.75) is 31.8 Å². The molecule has 2 aromatic carbocycles. The summed E-state index contributed by atoms with van der Waals surface area (Å²) in [5.74, 6) is 0.712. The zero-order chi connectivity index (χ0) is 16.2. The molecule has 0 saturated carbocycles.